The molecule has 0 spiro atoms. The fraction of sp³-hybridized carbons (Fsp3) is 0.423. The lowest BCUT2D eigenvalue weighted by Gasteiger charge is -2.29. The number of carbonyl (C=O) groups excluding carboxylic acids is 2. The number of rotatable bonds is 9. The molecule has 0 aliphatic heterocycles. The Morgan fingerprint density at radius 3 is 2.44 bits per heavy atom. The number of methoxy groups -OCH3 is 2. The summed E-state index contributed by atoms with van der Waals surface area (Å²) >= 11 is 0. The molecule has 0 unspecified atom stereocenters. The van der Waals surface area contributed by atoms with Crippen LogP contribution in [0.4, 0.5) is 5.69 Å². The summed E-state index contributed by atoms with van der Waals surface area (Å²) in [5.74, 6) is 0.979. The molecule has 190 valence electrons. The minimum absolute atomic E-state index is 0.163. The van der Waals surface area contributed by atoms with Crippen molar-refractivity contribution < 1.29 is 19.1 Å². The van der Waals surface area contributed by atoms with Crippen LogP contribution < -0.4 is 19.7 Å². The van der Waals surface area contributed by atoms with Crippen molar-refractivity contribution in [3.63, 3.8) is 0 Å². The average molecular weight is 493 g/mol. The van der Waals surface area contributed by atoms with Crippen LogP contribution in [0.25, 0.3) is 11.4 Å². The standard InChI is InChI=1S/C26H32N6O4/c1-17-9-12-21(13-10-17)32(18(2)26(34)27-20-7-5-6-8-20)24(33)16-31-29-25(28-30-31)19-11-14-22(35-3)23(15-19)36-4/h9-15,18,20H,5-8,16H2,1-4H3,(H,27,34)/t18-/m0/s1. The van der Waals surface area contributed by atoms with Gasteiger partial charge in [-0.05, 0) is 62.2 Å². The van der Waals surface area contributed by atoms with Crippen molar-refractivity contribution in [2.45, 2.75) is 58.2 Å². The lowest BCUT2D eigenvalue weighted by atomic mass is 10.1. The van der Waals surface area contributed by atoms with Gasteiger partial charge < -0.3 is 14.8 Å². The number of anilines is 1. The van der Waals surface area contributed by atoms with Crippen molar-refractivity contribution in [3.05, 3.63) is 48.0 Å². The Balaban J connectivity index is 1.54. The number of aryl methyl sites for hydroxylation is 1. The zero-order valence-corrected chi connectivity index (χ0v) is 21.1. The number of benzene rings is 2. The highest BCUT2D eigenvalue weighted by Crippen LogP contribution is 2.30. The van der Waals surface area contributed by atoms with Gasteiger partial charge in [0.1, 0.15) is 12.6 Å². The molecule has 4 rings (SSSR count). The third-order valence-electron chi connectivity index (χ3n) is 6.42. The number of hydrogen-bond donors (Lipinski definition) is 1. The highest BCUT2D eigenvalue weighted by molar-refractivity contribution is 6.00. The summed E-state index contributed by atoms with van der Waals surface area (Å²) in [4.78, 5) is 29.3. The van der Waals surface area contributed by atoms with Gasteiger partial charge in [0.15, 0.2) is 11.5 Å². The average Bonchev–Trinajstić information content (AvgIpc) is 3.57. The highest BCUT2D eigenvalue weighted by Gasteiger charge is 2.30. The maximum absolute atomic E-state index is 13.5. The van der Waals surface area contributed by atoms with Crippen LogP contribution in [-0.2, 0) is 16.1 Å². The molecule has 0 radical (unpaired) electrons. The Hall–Kier alpha value is -3.95. The Kier molecular flexibility index (Phi) is 7.82. The monoisotopic (exact) mass is 492 g/mol. The number of carbonyl (C=O) groups is 2. The summed E-state index contributed by atoms with van der Waals surface area (Å²) in [5, 5.41) is 15.6. The summed E-state index contributed by atoms with van der Waals surface area (Å²) in [5.41, 5.74) is 2.37. The van der Waals surface area contributed by atoms with E-state index in [0.29, 0.717) is 28.6 Å². The topological polar surface area (TPSA) is 111 Å². The predicted molar refractivity (Wildman–Crippen MR) is 135 cm³/mol. The molecule has 1 aliphatic rings. The lowest BCUT2D eigenvalue weighted by Crippen LogP contribution is -2.51. The number of ether oxygens (including phenoxy) is 2. The maximum atomic E-state index is 13.5. The second kappa shape index (κ2) is 11.2. The first kappa shape index (κ1) is 25.2. The molecular weight excluding hydrogens is 460 g/mol. The Labute approximate surface area is 210 Å². The van der Waals surface area contributed by atoms with Crippen molar-refractivity contribution in [1.29, 1.82) is 0 Å². The third-order valence-corrected chi connectivity index (χ3v) is 6.42. The van der Waals surface area contributed by atoms with Crippen molar-refractivity contribution >= 4 is 17.5 Å². The normalized spacial score (nSPS) is 14.3. The number of amides is 2. The van der Waals surface area contributed by atoms with E-state index >= 15 is 0 Å². The van der Waals surface area contributed by atoms with Gasteiger partial charge in [-0.15, -0.1) is 10.2 Å². The quantitative estimate of drug-likeness (QED) is 0.488. The first-order valence-electron chi connectivity index (χ1n) is 12.1. The van der Waals surface area contributed by atoms with Crippen molar-refractivity contribution in [2.24, 2.45) is 0 Å². The minimum Gasteiger partial charge on any atom is -0.493 e. The number of nitrogens with one attached hydrogen (secondary N) is 1. The van der Waals surface area contributed by atoms with Gasteiger partial charge in [-0.25, -0.2) is 0 Å². The van der Waals surface area contributed by atoms with E-state index in [4.69, 9.17) is 9.47 Å². The SMILES string of the molecule is COc1ccc(-c2nnn(CC(=O)N(c3ccc(C)cc3)[C@@H](C)C(=O)NC3CCCC3)n2)cc1OC. The van der Waals surface area contributed by atoms with Gasteiger partial charge in [-0.2, -0.15) is 4.80 Å². The molecule has 10 heteroatoms. The summed E-state index contributed by atoms with van der Waals surface area (Å²) in [7, 11) is 3.11. The van der Waals surface area contributed by atoms with Crippen molar-refractivity contribution in [1.82, 2.24) is 25.5 Å². The number of aromatic nitrogens is 4. The van der Waals surface area contributed by atoms with Crippen LogP contribution in [0.1, 0.15) is 38.2 Å². The van der Waals surface area contributed by atoms with E-state index in [0.717, 1.165) is 31.2 Å². The van der Waals surface area contributed by atoms with Gasteiger partial charge in [-0.3, -0.25) is 14.5 Å². The molecule has 36 heavy (non-hydrogen) atoms. The van der Waals surface area contributed by atoms with Crippen LogP contribution in [0.2, 0.25) is 0 Å². The Bertz CT molecular complexity index is 1200. The molecule has 1 aromatic heterocycles. The molecule has 1 aliphatic carbocycles. The first-order chi connectivity index (χ1) is 17.4. The summed E-state index contributed by atoms with van der Waals surface area (Å²) in [6, 6.07) is 12.3. The fourth-order valence-electron chi connectivity index (χ4n) is 4.40. The molecule has 1 fully saturated rings. The van der Waals surface area contributed by atoms with Gasteiger partial charge in [0.05, 0.1) is 14.2 Å². The molecule has 0 bridgehead atoms. The zero-order valence-electron chi connectivity index (χ0n) is 21.1. The highest BCUT2D eigenvalue weighted by atomic mass is 16.5. The van der Waals surface area contributed by atoms with Crippen LogP contribution in [0.15, 0.2) is 42.5 Å². The summed E-state index contributed by atoms with van der Waals surface area (Å²) in [6.45, 7) is 3.54. The van der Waals surface area contributed by atoms with Crippen molar-refractivity contribution in [3.8, 4) is 22.9 Å². The second-order valence-electron chi connectivity index (χ2n) is 8.98. The zero-order chi connectivity index (χ0) is 25.7. The molecule has 3 aromatic rings. The molecule has 0 saturated heterocycles. The van der Waals surface area contributed by atoms with Crippen molar-refractivity contribution in [2.75, 3.05) is 19.1 Å². The van der Waals surface area contributed by atoms with Gasteiger partial charge in [0, 0.05) is 17.3 Å². The third kappa shape index (κ3) is 5.64. The maximum Gasteiger partial charge on any atom is 0.251 e. The van der Waals surface area contributed by atoms with Gasteiger partial charge in [-0.1, -0.05) is 30.5 Å². The largest absolute Gasteiger partial charge is 0.493 e. The molecule has 1 N–H and O–H groups in total. The van der Waals surface area contributed by atoms with E-state index in [2.05, 4.69) is 20.7 Å². The van der Waals surface area contributed by atoms with Crippen LogP contribution in [0, 0.1) is 6.92 Å². The fourth-order valence-corrected chi connectivity index (χ4v) is 4.40. The van der Waals surface area contributed by atoms with Crippen LogP contribution in [-0.4, -0.2) is 58.3 Å². The molecule has 1 saturated carbocycles. The molecular formula is C26H32N6O4. The molecule has 2 amide bonds. The Morgan fingerprint density at radius 2 is 1.78 bits per heavy atom. The molecule has 1 atom stereocenters. The molecule has 10 nitrogen and oxygen atoms in total. The van der Waals surface area contributed by atoms with Crippen LogP contribution in [0.3, 0.4) is 0 Å². The van der Waals surface area contributed by atoms with E-state index in [1.165, 1.54) is 9.70 Å². The lowest BCUT2D eigenvalue weighted by molar-refractivity contribution is -0.127. The predicted octanol–water partition coefficient (Wildman–Crippen LogP) is 3.15. The minimum atomic E-state index is -0.699. The van der Waals surface area contributed by atoms with Gasteiger partial charge >= 0.3 is 0 Å². The van der Waals surface area contributed by atoms with E-state index in [9.17, 15) is 9.59 Å². The summed E-state index contributed by atoms with van der Waals surface area (Å²) < 4.78 is 10.6. The van der Waals surface area contributed by atoms with E-state index in [-0.39, 0.29) is 24.4 Å². The smallest absolute Gasteiger partial charge is 0.251 e. The first-order valence-corrected chi connectivity index (χ1v) is 12.1. The van der Waals surface area contributed by atoms with Crippen LogP contribution >= 0.6 is 0 Å². The van der Waals surface area contributed by atoms with Gasteiger partial charge in [0.25, 0.3) is 5.91 Å². The van der Waals surface area contributed by atoms with E-state index in [1.807, 2.05) is 31.2 Å². The second-order valence-corrected chi connectivity index (χ2v) is 8.98. The molecule has 2 aromatic carbocycles. The Morgan fingerprint density at radius 1 is 1.08 bits per heavy atom. The van der Waals surface area contributed by atoms with Crippen LogP contribution in [0.5, 0.6) is 11.5 Å². The number of nitrogens with zero attached hydrogens (tertiary/aromatic N) is 5. The van der Waals surface area contributed by atoms with E-state index < -0.39 is 6.04 Å². The van der Waals surface area contributed by atoms with E-state index in [1.54, 1.807) is 39.3 Å². The molecule has 1 heterocycles. The van der Waals surface area contributed by atoms with Gasteiger partial charge in [0.2, 0.25) is 11.7 Å². The number of hydrogen-bond acceptors (Lipinski definition) is 7. The number of tetrazole rings is 1. The summed E-state index contributed by atoms with van der Waals surface area (Å²) in [6.07, 6.45) is 4.16.